The van der Waals surface area contributed by atoms with Gasteiger partial charge in [0.2, 0.25) is 0 Å². The van der Waals surface area contributed by atoms with Gasteiger partial charge < -0.3 is 19.3 Å². The lowest BCUT2D eigenvalue weighted by molar-refractivity contribution is -0.255. The van der Waals surface area contributed by atoms with E-state index in [2.05, 4.69) is 27.7 Å². The first kappa shape index (κ1) is 28.8. The summed E-state index contributed by atoms with van der Waals surface area (Å²) in [6, 6.07) is 0. The van der Waals surface area contributed by atoms with Crippen LogP contribution in [-0.4, -0.2) is 42.9 Å². The van der Waals surface area contributed by atoms with E-state index in [-0.39, 0.29) is 6.10 Å². The van der Waals surface area contributed by atoms with E-state index in [1.54, 1.807) is 14.2 Å². The molecule has 176 valence electrons. The second kappa shape index (κ2) is 16.5. The molecule has 0 aromatic heterocycles. The van der Waals surface area contributed by atoms with Crippen LogP contribution in [0.25, 0.3) is 0 Å². The number of ether oxygens (including phenoxy) is 3. The van der Waals surface area contributed by atoms with E-state index in [0.29, 0.717) is 6.42 Å². The summed E-state index contributed by atoms with van der Waals surface area (Å²) in [6.45, 7) is 10.6. The van der Waals surface area contributed by atoms with Crippen molar-refractivity contribution in [2.24, 2.45) is 0 Å². The van der Waals surface area contributed by atoms with Crippen molar-refractivity contribution in [1.82, 2.24) is 0 Å². The lowest BCUT2D eigenvalue weighted by atomic mass is 9.86. The largest absolute Gasteiger partial charge is 0.390 e. The van der Waals surface area contributed by atoms with Crippen molar-refractivity contribution >= 4 is 0 Å². The summed E-state index contributed by atoms with van der Waals surface area (Å²) in [5.41, 5.74) is -0.572. The van der Waals surface area contributed by atoms with Crippen molar-refractivity contribution in [2.75, 3.05) is 14.2 Å². The molecule has 4 nitrogen and oxygen atoms in total. The zero-order chi connectivity index (χ0) is 22.2. The molecule has 0 rings (SSSR count). The summed E-state index contributed by atoms with van der Waals surface area (Å²) < 4.78 is 18.0. The number of aliphatic hydroxyl groups is 1. The monoisotopic (exact) mass is 416 g/mol. The van der Waals surface area contributed by atoms with Crippen molar-refractivity contribution in [3.05, 3.63) is 0 Å². The number of unbranched alkanes of at least 4 members (excludes halogenated alkanes) is 8. The van der Waals surface area contributed by atoms with Gasteiger partial charge in [-0.2, -0.15) is 0 Å². The van der Waals surface area contributed by atoms with E-state index in [1.807, 2.05) is 6.92 Å². The molecule has 0 fully saturated rings. The standard InChI is InChI=1S/C25H52O4/c1-8-10-12-13-14-15-16-18-23(26)24(5,27-6)20-21-25(28-7,29-22(3)4)19-17-11-9-2/h22-23,26H,8-21H2,1-7H3. The van der Waals surface area contributed by atoms with Gasteiger partial charge >= 0.3 is 0 Å². The topological polar surface area (TPSA) is 47.9 Å². The van der Waals surface area contributed by atoms with E-state index in [0.717, 1.165) is 32.1 Å². The minimum atomic E-state index is -0.595. The predicted octanol–water partition coefficient (Wildman–Crippen LogP) is 7.02. The van der Waals surface area contributed by atoms with Crippen LogP contribution in [-0.2, 0) is 14.2 Å². The molecule has 0 saturated carbocycles. The van der Waals surface area contributed by atoms with Crippen LogP contribution in [0.2, 0.25) is 0 Å². The van der Waals surface area contributed by atoms with Crippen LogP contribution < -0.4 is 0 Å². The molecule has 0 aromatic rings. The molecule has 0 radical (unpaired) electrons. The molecule has 3 unspecified atom stereocenters. The van der Waals surface area contributed by atoms with Gasteiger partial charge in [0.05, 0.1) is 17.8 Å². The Morgan fingerprint density at radius 2 is 1.28 bits per heavy atom. The number of hydrogen-bond acceptors (Lipinski definition) is 4. The Morgan fingerprint density at radius 3 is 1.79 bits per heavy atom. The van der Waals surface area contributed by atoms with Gasteiger partial charge in [0.1, 0.15) is 0 Å². The van der Waals surface area contributed by atoms with Crippen LogP contribution >= 0.6 is 0 Å². The molecule has 4 heteroatoms. The molecule has 0 heterocycles. The molecule has 0 aliphatic heterocycles. The Labute approximate surface area is 182 Å². The third-order valence-corrected chi connectivity index (χ3v) is 6.24. The van der Waals surface area contributed by atoms with Crippen LogP contribution in [0.15, 0.2) is 0 Å². The molecular formula is C25H52O4. The minimum absolute atomic E-state index is 0.100. The highest BCUT2D eigenvalue weighted by Crippen LogP contribution is 2.34. The Morgan fingerprint density at radius 1 is 0.724 bits per heavy atom. The average molecular weight is 417 g/mol. The fraction of sp³-hybridized carbons (Fsp3) is 1.00. The first-order valence-corrected chi connectivity index (χ1v) is 12.2. The summed E-state index contributed by atoms with van der Waals surface area (Å²) in [4.78, 5) is 0. The number of methoxy groups -OCH3 is 2. The number of aliphatic hydroxyl groups excluding tert-OH is 1. The lowest BCUT2D eigenvalue weighted by Gasteiger charge is -2.39. The lowest BCUT2D eigenvalue weighted by Crippen LogP contribution is -2.45. The van der Waals surface area contributed by atoms with Crippen LogP contribution in [0, 0.1) is 0 Å². The zero-order valence-corrected chi connectivity index (χ0v) is 20.7. The number of rotatable bonds is 20. The first-order chi connectivity index (χ1) is 13.8. The van der Waals surface area contributed by atoms with Crippen molar-refractivity contribution in [2.45, 2.75) is 148 Å². The summed E-state index contributed by atoms with van der Waals surface area (Å²) in [5.74, 6) is -0.595. The second-order valence-electron chi connectivity index (χ2n) is 9.18. The molecule has 29 heavy (non-hydrogen) atoms. The first-order valence-electron chi connectivity index (χ1n) is 12.2. The van der Waals surface area contributed by atoms with E-state index in [1.165, 1.54) is 51.4 Å². The van der Waals surface area contributed by atoms with Crippen molar-refractivity contribution in [1.29, 1.82) is 0 Å². The van der Waals surface area contributed by atoms with Gasteiger partial charge in [-0.25, -0.2) is 0 Å². The zero-order valence-electron chi connectivity index (χ0n) is 20.7. The smallest absolute Gasteiger partial charge is 0.168 e. The van der Waals surface area contributed by atoms with E-state index in [9.17, 15) is 5.11 Å². The molecule has 0 bridgehead atoms. The summed E-state index contributed by atoms with van der Waals surface area (Å²) in [6.07, 6.45) is 15.0. The maximum atomic E-state index is 10.9. The van der Waals surface area contributed by atoms with Crippen molar-refractivity contribution in [3.8, 4) is 0 Å². The van der Waals surface area contributed by atoms with E-state index in [4.69, 9.17) is 14.2 Å². The normalized spacial score (nSPS) is 17.3. The van der Waals surface area contributed by atoms with Crippen LogP contribution in [0.3, 0.4) is 0 Å². The van der Waals surface area contributed by atoms with Gasteiger partial charge in [0.15, 0.2) is 5.79 Å². The molecule has 0 aliphatic carbocycles. The van der Waals surface area contributed by atoms with Crippen LogP contribution in [0.5, 0.6) is 0 Å². The Kier molecular flexibility index (Phi) is 16.4. The highest BCUT2D eigenvalue weighted by Gasteiger charge is 2.38. The maximum absolute atomic E-state index is 10.9. The SMILES string of the molecule is CCCCCCCCCC(O)C(C)(CCC(CCCCC)(OC)OC(C)C)OC. The quantitative estimate of drug-likeness (QED) is 0.171. The Balaban J connectivity index is 4.68. The van der Waals surface area contributed by atoms with Gasteiger partial charge in [-0.15, -0.1) is 0 Å². The van der Waals surface area contributed by atoms with Crippen molar-refractivity contribution in [3.63, 3.8) is 0 Å². The summed E-state index contributed by atoms with van der Waals surface area (Å²) in [5, 5.41) is 10.9. The molecule has 1 N–H and O–H groups in total. The molecule has 0 saturated heterocycles. The highest BCUT2D eigenvalue weighted by atomic mass is 16.7. The molecule has 3 atom stereocenters. The maximum Gasteiger partial charge on any atom is 0.168 e. The molecular weight excluding hydrogens is 364 g/mol. The third kappa shape index (κ3) is 12.3. The van der Waals surface area contributed by atoms with Gasteiger partial charge in [0.25, 0.3) is 0 Å². The molecule has 0 aromatic carbocycles. The van der Waals surface area contributed by atoms with Crippen LogP contribution in [0.4, 0.5) is 0 Å². The predicted molar refractivity (Wildman–Crippen MR) is 123 cm³/mol. The molecule has 0 aliphatic rings. The van der Waals surface area contributed by atoms with Gasteiger partial charge in [0, 0.05) is 27.1 Å². The van der Waals surface area contributed by atoms with Gasteiger partial charge in [-0.3, -0.25) is 0 Å². The van der Waals surface area contributed by atoms with Crippen molar-refractivity contribution < 1.29 is 19.3 Å². The summed E-state index contributed by atoms with van der Waals surface area (Å²) >= 11 is 0. The molecule has 0 amide bonds. The van der Waals surface area contributed by atoms with Gasteiger partial charge in [-0.05, 0) is 40.0 Å². The fourth-order valence-electron chi connectivity index (χ4n) is 4.01. The van der Waals surface area contributed by atoms with Gasteiger partial charge in [-0.1, -0.05) is 71.6 Å². The van der Waals surface area contributed by atoms with Crippen LogP contribution in [0.1, 0.15) is 125 Å². The Bertz CT molecular complexity index is 374. The fourth-order valence-corrected chi connectivity index (χ4v) is 4.01. The third-order valence-electron chi connectivity index (χ3n) is 6.24. The minimum Gasteiger partial charge on any atom is -0.390 e. The van der Waals surface area contributed by atoms with E-state index < -0.39 is 17.5 Å². The second-order valence-corrected chi connectivity index (χ2v) is 9.18. The Hall–Kier alpha value is -0.160. The average Bonchev–Trinajstić information content (AvgIpc) is 2.70. The number of hydrogen-bond donors (Lipinski definition) is 1. The highest BCUT2D eigenvalue weighted by molar-refractivity contribution is 4.87. The molecule has 0 spiro atoms. The van der Waals surface area contributed by atoms with E-state index >= 15 is 0 Å². The summed E-state index contributed by atoms with van der Waals surface area (Å²) in [7, 11) is 3.45.